The average molecular weight is 670 g/mol. The molecule has 2 heterocycles. The van der Waals surface area contributed by atoms with Gasteiger partial charge in [0.05, 0.1) is 28.9 Å². The highest BCUT2D eigenvalue weighted by molar-refractivity contribution is 7.99. The van der Waals surface area contributed by atoms with Crippen molar-refractivity contribution in [2.75, 3.05) is 10.8 Å². The number of nitrogens with zero attached hydrogens (tertiary/aromatic N) is 3. The molecule has 0 saturated carbocycles. The minimum absolute atomic E-state index is 0.0519. The molecular formula is C37H50Cl2N4OS. The molecule has 3 aromatic rings. The van der Waals surface area contributed by atoms with Gasteiger partial charge in [-0.25, -0.2) is 4.98 Å². The Bertz CT molecular complexity index is 1410. The van der Waals surface area contributed by atoms with Crippen molar-refractivity contribution in [3.05, 3.63) is 101 Å². The minimum Gasteiger partial charge on any atom is -0.303 e. The maximum absolute atomic E-state index is 11.7. The number of carbonyl (C=O) groups excluding carboxylic acids is 1. The van der Waals surface area contributed by atoms with E-state index in [0.29, 0.717) is 30.3 Å². The molecule has 45 heavy (non-hydrogen) atoms. The maximum Gasteiger partial charge on any atom is 0.232 e. The summed E-state index contributed by atoms with van der Waals surface area (Å²) in [6.45, 7) is 17.0. The number of benzene rings is 2. The van der Waals surface area contributed by atoms with Crippen molar-refractivity contribution < 1.29 is 4.79 Å². The van der Waals surface area contributed by atoms with Crippen LogP contribution in [0.4, 0.5) is 5.69 Å². The Morgan fingerprint density at radius 3 is 2.36 bits per heavy atom. The van der Waals surface area contributed by atoms with E-state index in [1.54, 1.807) is 0 Å². The van der Waals surface area contributed by atoms with E-state index >= 15 is 0 Å². The van der Waals surface area contributed by atoms with Gasteiger partial charge in [0.2, 0.25) is 5.91 Å². The number of rotatable bonds is 11. The number of hydrogen-bond acceptors (Lipinski definition) is 4. The van der Waals surface area contributed by atoms with Crippen LogP contribution in [-0.2, 0) is 11.2 Å². The lowest BCUT2D eigenvalue weighted by molar-refractivity contribution is -0.119. The standard InChI is InChI=1S/C33H38Cl2N4OS.2C2H6/c1-5-29(30(35)19-24(4)34)31-22-38(27-11-8-12-28(21-27)39-18-17-33(40)37-41-39)32(36-31)20-26-15-13-25(14-16-26)10-7-6-9-23(2)3;2*1-2/h5,7-8,10-16,19,21-24H,6,9,17-18,20H2,1-4H3,(H,37,40);2*1-2H3/b10-7+,29-5+,30-19+;;. The molecule has 1 unspecified atom stereocenters. The van der Waals surface area contributed by atoms with Gasteiger partial charge in [-0.1, -0.05) is 102 Å². The van der Waals surface area contributed by atoms with Crippen LogP contribution in [0.1, 0.15) is 97.3 Å². The molecule has 1 atom stereocenters. The smallest absolute Gasteiger partial charge is 0.232 e. The summed E-state index contributed by atoms with van der Waals surface area (Å²) in [6.07, 6.45) is 13.7. The van der Waals surface area contributed by atoms with Crippen molar-refractivity contribution in [2.45, 2.75) is 86.5 Å². The quantitative estimate of drug-likeness (QED) is 0.125. The molecule has 1 amide bonds. The first-order valence-corrected chi connectivity index (χ1v) is 17.7. The van der Waals surface area contributed by atoms with Gasteiger partial charge in [0.25, 0.3) is 0 Å². The predicted octanol–water partition coefficient (Wildman–Crippen LogP) is 11.0. The molecule has 8 heteroatoms. The van der Waals surface area contributed by atoms with Crippen molar-refractivity contribution in [3.8, 4) is 5.69 Å². The monoisotopic (exact) mass is 668 g/mol. The van der Waals surface area contributed by atoms with Crippen molar-refractivity contribution >= 4 is 58.6 Å². The van der Waals surface area contributed by atoms with E-state index in [-0.39, 0.29) is 11.3 Å². The molecule has 0 spiro atoms. The second kappa shape index (κ2) is 20.2. The lowest BCUT2D eigenvalue weighted by atomic mass is 10.1. The first kappa shape index (κ1) is 38.3. The van der Waals surface area contributed by atoms with Crippen molar-refractivity contribution in [1.29, 1.82) is 0 Å². The fraction of sp³-hybridized carbons (Fsp3) is 0.405. The Kier molecular flexibility index (Phi) is 17.2. The molecular weight excluding hydrogens is 619 g/mol. The van der Waals surface area contributed by atoms with Crippen LogP contribution in [0.3, 0.4) is 0 Å². The predicted molar refractivity (Wildman–Crippen MR) is 199 cm³/mol. The number of allylic oxidation sites excluding steroid dienone is 5. The number of anilines is 1. The normalized spacial score (nSPS) is 14.5. The summed E-state index contributed by atoms with van der Waals surface area (Å²) in [4.78, 5) is 16.7. The SMILES string of the molecule is C/C=C(\C(Cl)=C/C(C)Cl)c1cn(-c2cccc(N3CCC(=O)NS3)c2)c(Cc2ccc(/C=C/CCC(C)C)cc2)n1.CC.CC. The number of hydrogen-bond donors (Lipinski definition) is 1. The van der Waals surface area contributed by atoms with Crippen molar-refractivity contribution in [3.63, 3.8) is 0 Å². The lowest BCUT2D eigenvalue weighted by Crippen LogP contribution is -2.34. The van der Waals surface area contributed by atoms with Crippen LogP contribution in [0.15, 0.2) is 78.0 Å². The second-order valence-corrected chi connectivity index (χ2v) is 12.5. The number of aromatic nitrogens is 2. The van der Waals surface area contributed by atoms with Crippen LogP contribution in [-0.4, -0.2) is 27.4 Å². The van der Waals surface area contributed by atoms with E-state index in [9.17, 15) is 4.79 Å². The Balaban J connectivity index is 0.00000169. The molecule has 1 saturated heterocycles. The molecule has 244 valence electrons. The molecule has 1 aliphatic heterocycles. The van der Waals surface area contributed by atoms with Gasteiger partial charge >= 0.3 is 0 Å². The van der Waals surface area contributed by atoms with Gasteiger partial charge in [0.1, 0.15) is 5.82 Å². The Morgan fingerprint density at radius 1 is 1.07 bits per heavy atom. The van der Waals surface area contributed by atoms with Gasteiger partial charge < -0.3 is 4.57 Å². The summed E-state index contributed by atoms with van der Waals surface area (Å²) in [6, 6.07) is 16.9. The highest BCUT2D eigenvalue weighted by Crippen LogP contribution is 2.31. The Morgan fingerprint density at radius 2 is 1.76 bits per heavy atom. The molecule has 4 rings (SSSR count). The van der Waals surface area contributed by atoms with E-state index in [0.717, 1.165) is 34.9 Å². The molecule has 0 bridgehead atoms. The average Bonchev–Trinajstić information content (AvgIpc) is 3.45. The number of carbonyl (C=O) groups is 1. The fourth-order valence-electron chi connectivity index (χ4n) is 4.56. The highest BCUT2D eigenvalue weighted by atomic mass is 35.5. The summed E-state index contributed by atoms with van der Waals surface area (Å²) in [5.41, 5.74) is 6.00. The molecule has 1 aromatic heterocycles. The third-order valence-corrected chi connectivity index (χ3v) is 8.14. The van der Waals surface area contributed by atoms with Gasteiger partial charge in [-0.2, -0.15) is 0 Å². The van der Waals surface area contributed by atoms with Crippen LogP contribution in [0.2, 0.25) is 0 Å². The first-order valence-electron chi connectivity index (χ1n) is 16.1. The van der Waals surface area contributed by atoms with Gasteiger partial charge in [0, 0.05) is 41.9 Å². The lowest BCUT2D eigenvalue weighted by Gasteiger charge is -2.27. The van der Waals surface area contributed by atoms with Crippen LogP contribution < -0.4 is 9.03 Å². The zero-order chi connectivity index (χ0) is 33.4. The topological polar surface area (TPSA) is 50.2 Å². The zero-order valence-electron chi connectivity index (χ0n) is 28.1. The Hall–Kier alpha value is -2.93. The summed E-state index contributed by atoms with van der Waals surface area (Å²) in [7, 11) is 0. The van der Waals surface area contributed by atoms with Crippen LogP contribution in [0.5, 0.6) is 0 Å². The molecule has 5 nitrogen and oxygen atoms in total. The van der Waals surface area contributed by atoms with E-state index < -0.39 is 0 Å². The first-order chi connectivity index (χ1) is 21.7. The van der Waals surface area contributed by atoms with Crippen molar-refractivity contribution in [2.24, 2.45) is 5.92 Å². The van der Waals surface area contributed by atoms with E-state index in [2.05, 4.69) is 82.1 Å². The Labute approximate surface area is 286 Å². The molecule has 1 N–H and O–H groups in total. The third-order valence-electron chi connectivity index (χ3n) is 6.75. The number of amides is 1. The molecule has 2 aromatic carbocycles. The van der Waals surface area contributed by atoms with Gasteiger partial charge in [-0.3, -0.25) is 13.8 Å². The summed E-state index contributed by atoms with van der Waals surface area (Å²) in [5, 5.41) is 0.380. The van der Waals surface area contributed by atoms with Crippen LogP contribution >= 0.6 is 35.3 Å². The van der Waals surface area contributed by atoms with E-state index in [1.807, 2.05) is 66.0 Å². The maximum atomic E-state index is 11.7. The van der Waals surface area contributed by atoms with Crippen LogP contribution in [0.25, 0.3) is 17.3 Å². The zero-order valence-corrected chi connectivity index (χ0v) is 30.4. The minimum atomic E-state index is -0.198. The van der Waals surface area contributed by atoms with Gasteiger partial charge in [0.15, 0.2) is 0 Å². The second-order valence-electron chi connectivity index (χ2n) is 10.6. The fourth-order valence-corrected chi connectivity index (χ4v) is 5.86. The molecule has 1 aliphatic rings. The summed E-state index contributed by atoms with van der Waals surface area (Å²) >= 11 is 14.2. The number of nitrogens with one attached hydrogen (secondary N) is 1. The largest absolute Gasteiger partial charge is 0.303 e. The highest BCUT2D eigenvalue weighted by Gasteiger charge is 2.19. The third kappa shape index (κ3) is 12.1. The van der Waals surface area contributed by atoms with Crippen molar-refractivity contribution in [1.82, 2.24) is 14.3 Å². The number of halogens is 2. The number of imidazole rings is 1. The van der Waals surface area contributed by atoms with E-state index in [4.69, 9.17) is 28.2 Å². The summed E-state index contributed by atoms with van der Waals surface area (Å²) in [5.74, 6) is 1.67. The van der Waals surface area contributed by atoms with Gasteiger partial charge in [-0.05, 0) is 68.0 Å². The molecule has 0 aliphatic carbocycles. The molecule has 1 fully saturated rings. The van der Waals surface area contributed by atoms with Crippen LogP contribution in [0, 0.1) is 5.92 Å². The van der Waals surface area contributed by atoms with Gasteiger partial charge in [-0.15, -0.1) is 11.6 Å². The number of alkyl halides is 1. The van der Waals surface area contributed by atoms with E-state index in [1.165, 1.54) is 29.7 Å². The molecule has 0 radical (unpaired) electrons. The summed E-state index contributed by atoms with van der Waals surface area (Å²) < 4.78 is 7.07.